The van der Waals surface area contributed by atoms with Crippen LogP contribution in [0.2, 0.25) is 0 Å². The predicted octanol–water partition coefficient (Wildman–Crippen LogP) is 1.54. The molecule has 0 aromatic carbocycles. The predicted molar refractivity (Wildman–Crippen MR) is 44.5 cm³/mol. The van der Waals surface area contributed by atoms with Gasteiger partial charge in [-0.25, -0.2) is 4.98 Å². The minimum Gasteiger partial charge on any atom is -0.276 e. The molecule has 4 heteroatoms. The van der Waals surface area contributed by atoms with Gasteiger partial charge in [0.15, 0.2) is 5.95 Å². The lowest BCUT2D eigenvalue weighted by Crippen LogP contribution is -1.88. The third-order valence-corrected chi connectivity index (χ3v) is 1.75. The molecule has 0 spiro atoms. The molecule has 0 radical (unpaired) electrons. The van der Waals surface area contributed by atoms with E-state index in [0.29, 0.717) is 11.3 Å². The number of rotatable bonds is 1. The first kappa shape index (κ1) is 7.74. The van der Waals surface area contributed by atoms with Gasteiger partial charge in [0.1, 0.15) is 5.65 Å². The number of halogens is 1. The molecule has 0 aliphatic heterocycles. The molecular formula is C9H6FN3. The lowest BCUT2D eigenvalue weighted by molar-refractivity contribution is 0.567. The van der Waals surface area contributed by atoms with E-state index in [1.54, 1.807) is 12.1 Å². The Morgan fingerprint density at radius 3 is 3.08 bits per heavy atom. The van der Waals surface area contributed by atoms with Gasteiger partial charge in [0.05, 0.1) is 18.2 Å². The molecule has 13 heavy (non-hydrogen) atoms. The number of aromatic nitrogens is 2. The summed E-state index contributed by atoms with van der Waals surface area (Å²) in [6, 6.07) is 6.61. The lowest BCUT2D eigenvalue weighted by Gasteiger charge is -1.91. The number of hydrogen-bond acceptors (Lipinski definition) is 2. The zero-order valence-corrected chi connectivity index (χ0v) is 6.74. The minimum atomic E-state index is -0.366. The van der Waals surface area contributed by atoms with Crippen molar-refractivity contribution in [2.45, 2.75) is 6.42 Å². The van der Waals surface area contributed by atoms with Crippen LogP contribution in [0.4, 0.5) is 4.39 Å². The molecule has 0 N–H and O–H groups in total. The van der Waals surface area contributed by atoms with Crippen LogP contribution in [-0.2, 0) is 6.42 Å². The van der Waals surface area contributed by atoms with Crippen molar-refractivity contribution in [2.75, 3.05) is 0 Å². The SMILES string of the molecule is N#CCc1cn2c(F)cccc2n1. The van der Waals surface area contributed by atoms with Crippen molar-refractivity contribution < 1.29 is 4.39 Å². The standard InChI is InChI=1S/C9H6FN3/c10-8-2-1-3-9-12-7(4-5-11)6-13(8)9/h1-3,6H,4H2. The largest absolute Gasteiger partial charge is 0.276 e. The summed E-state index contributed by atoms with van der Waals surface area (Å²) < 4.78 is 14.4. The van der Waals surface area contributed by atoms with E-state index < -0.39 is 0 Å². The monoisotopic (exact) mass is 175 g/mol. The van der Waals surface area contributed by atoms with Gasteiger partial charge in [-0.15, -0.1) is 0 Å². The summed E-state index contributed by atoms with van der Waals surface area (Å²) in [4.78, 5) is 4.06. The Morgan fingerprint density at radius 1 is 1.54 bits per heavy atom. The molecule has 2 aromatic rings. The molecule has 0 unspecified atom stereocenters. The van der Waals surface area contributed by atoms with Crippen molar-refractivity contribution in [2.24, 2.45) is 0 Å². The van der Waals surface area contributed by atoms with Crippen molar-refractivity contribution >= 4 is 5.65 Å². The van der Waals surface area contributed by atoms with Gasteiger partial charge in [-0.3, -0.25) is 4.40 Å². The molecule has 0 saturated heterocycles. The van der Waals surface area contributed by atoms with Crippen LogP contribution < -0.4 is 0 Å². The first-order valence-electron chi connectivity index (χ1n) is 3.81. The molecule has 3 nitrogen and oxygen atoms in total. The van der Waals surface area contributed by atoms with Gasteiger partial charge in [-0.05, 0) is 12.1 Å². The summed E-state index contributed by atoms with van der Waals surface area (Å²) in [5.41, 5.74) is 1.12. The highest BCUT2D eigenvalue weighted by Crippen LogP contribution is 2.07. The third-order valence-electron chi connectivity index (χ3n) is 1.75. The van der Waals surface area contributed by atoms with Crippen molar-refractivity contribution in [3.63, 3.8) is 0 Å². The number of nitriles is 1. The Labute approximate surface area is 74.1 Å². The fourth-order valence-electron chi connectivity index (χ4n) is 1.19. The van der Waals surface area contributed by atoms with Gasteiger partial charge in [0.2, 0.25) is 0 Å². The van der Waals surface area contributed by atoms with E-state index >= 15 is 0 Å². The Kier molecular flexibility index (Phi) is 1.71. The quantitative estimate of drug-likeness (QED) is 0.617. The van der Waals surface area contributed by atoms with E-state index in [-0.39, 0.29) is 12.4 Å². The number of nitrogens with zero attached hydrogens (tertiary/aromatic N) is 3. The highest BCUT2D eigenvalue weighted by molar-refractivity contribution is 5.40. The molecule has 0 aliphatic rings. The first-order chi connectivity index (χ1) is 6.31. The summed E-state index contributed by atoms with van der Waals surface area (Å²) in [7, 11) is 0. The zero-order valence-electron chi connectivity index (χ0n) is 6.74. The van der Waals surface area contributed by atoms with Crippen LogP contribution >= 0.6 is 0 Å². The molecule has 0 saturated carbocycles. The topological polar surface area (TPSA) is 41.1 Å². The number of fused-ring (bicyclic) bond motifs is 1. The van der Waals surface area contributed by atoms with Crippen LogP contribution in [0.3, 0.4) is 0 Å². The van der Waals surface area contributed by atoms with Crippen LogP contribution in [0.15, 0.2) is 24.4 Å². The smallest absolute Gasteiger partial charge is 0.199 e. The van der Waals surface area contributed by atoms with Crippen LogP contribution in [0.5, 0.6) is 0 Å². The molecule has 0 atom stereocenters. The van der Waals surface area contributed by atoms with Gasteiger partial charge >= 0.3 is 0 Å². The molecule has 2 rings (SSSR count). The van der Waals surface area contributed by atoms with E-state index in [4.69, 9.17) is 5.26 Å². The van der Waals surface area contributed by atoms with E-state index in [2.05, 4.69) is 4.98 Å². The molecule has 2 heterocycles. The second-order valence-electron chi connectivity index (χ2n) is 2.64. The van der Waals surface area contributed by atoms with Crippen molar-refractivity contribution in [3.05, 3.63) is 36.0 Å². The average molecular weight is 175 g/mol. The normalized spacial score (nSPS) is 10.2. The maximum Gasteiger partial charge on any atom is 0.199 e. The van der Waals surface area contributed by atoms with Gasteiger partial charge in [-0.1, -0.05) is 6.07 Å². The summed E-state index contributed by atoms with van der Waals surface area (Å²) in [5, 5.41) is 8.42. The van der Waals surface area contributed by atoms with E-state index in [1.807, 2.05) is 6.07 Å². The fraction of sp³-hybridized carbons (Fsp3) is 0.111. The van der Waals surface area contributed by atoms with E-state index in [1.165, 1.54) is 16.7 Å². The minimum absolute atomic E-state index is 0.209. The summed E-state index contributed by atoms with van der Waals surface area (Å²) in [6.07, 6.45) is 1.75. The summed E-state index contributed by atoms with van der Waals surface area (Å²) in [6.45, 7) is 0. The van der Waals surface area contributed by atoms with E-state index in [9.17, 15) is 4.39 Å². The molecule has 0 bridgehead atoms. The third kappa shape index (κ3) is 1.25. The molecule has 2 aromatic heterocycles. The number of hydrogen-bond donors (Lipinski definition) is 0. The Hall–Kier alpha value is -1.89. The Bertz CT molecular complexity index is 481. The molecule has 0 amide bonds. The van der Waals surface area contributed by atoms with Gasteiger partial charge in [0, 0.05) is 6.20 Å². The van der Waals surface area contributed by atoms with Crippen molar-refractivity contribution in [1.29, 1.82) is 5.26 Å². The second kappa shape index (κ2) is 2.87. The first-order valence-corrected chi connectivity index (χ1v) is 3.81. The molecular weight excluding hydrogens is 169 g/mol. The Balaban J connectivity index is 2.63. The molecule has 0 fully saturated rings. The van der Waals surface area contributed by atoms with Crippen molar-refractivity contribution in [3.8, 4) is 6.07 Å². The average Bonchev–Trinajstić information content (AvgIpc) is 2.49. The number of pyridine rings is 1. The van der Waals surface area contributed by atoms with Crippen LogP contribution in [0.25, 0.3) is 5.65 Å². The fourth-order valence-corrected chi connectivity index (χ4v) is 1.19. The maximum atomic E-state index is 13.1. The van der Waals surface area contributed by atoms with E-state index in [0.717, 1.165) is 0 Å². The highest BCUT2D eigenvalue weighted by atomic mass is 19.1. The number of imidazole rings is 1. The van der Waals surface area contributed by atoms with Crippen LogP contribution in [0.1, 0.15) is 5.69 Å². The van der Waals surface area contributed by atoms with Crippen molar-refractivity contribution in [1.82, 2.24) is 9.38 Å². The molecule has 0 aliphatic carbocycles. The van der Waals surface area contributed by atoms with Gasteiger partial charge in [0.25, 0.3) is 0 Å². The van der Waals surface area contributed by atoms with Crippen LogP contribution in [0, 0.1) is 17.3 Å². The highest BCUT2D eigenvalue weighted by Gasteiger charge is 2.03. The Morgan fingerprint density at radius 2 is 2.38 bits per heavy atom. The van der Waals surface area contributed by atoms with Crippen LogP contribution in [-0.4, -0.2) is 9.38 Å². The summed E-state index contributed by atoms with van der Waals surface area (Å²) in [5.74, 6) is -0.366. The molecule has 64 valence electrons. The summed E-state index contributed by atoms with van der Waals surface area (Å²) >= 11 is 0. The van der Waals surface area contributed by atoms with Gasteiger partial charge in [-0.2, -0.15) is 9.65 Å². The van der Waals surface area contributed by atoms with Gasteiger partial charge < -0.3 is 0 Å². The second-order valence-corrected chi connectivity index (χ2v) is 2.64. The lowest BCUT2D eigenvalue weighted by atomic mass is 10.4. The zero-order chi connectivity index (χ0) is 9.26. The maximum absolute atomic E-state index is 13.1.